The normalized spacial score (nSPS) is 14.8. The fourth-order valence-electron chi connectivity index (χ4n) is 0.531. The van der Waals surface area contributed by atoms with Crippen molar-refractivity contribution >= 4 is 10.0 Å². The molecule has 6 heteroatoms. The highest BCUT2D eigenvalue weighted by Crippen LogP contribution is 1.78. The van der Waals surface area contributed by atoms with Crippen molar-refractivity contribution < 1.29 is 8.42 Å². The Kier molecular flexibility index (Phi) is 4.58. The largest absolute Gasteiger partial charge is 0.329 e. The number of primary sulfonamides is 1. The molecule has 1 unspecified atom stereocenters. The van der Waals surface area contributed by atoms with Crippen LogP contribution in [-0.2, 0) is 10.0 Å². The zero-order valence-corrected chi connectivity index (χ0v) is 7.39. The number of hydrogen-bond acceptors (Lipinski definition) is 4. The van der Waals surface area contributed by atoms with Crippen LogP contribution in [0.3, 0.4) is 0 Å². The van der Waals surface area contributed by atoms with E-state index in [-0.39, 0.29) is 11.8 Å². The zero-order valence-electron chi connectivity index (χ0n) is 6.58. The highest BCUT2D eigenvalue weighted by Gasteiger charge is 2.02. The Morgan fingerprint density at radius 2 is 2.09 bits per heavy atom. The van der Waals surface area contributed by atoms with Crippen LogP contribution in [0.25, 0.3) is 0 Å². The summed E-state index contributed by atoms with van der Waals surface area (Å²) in [4.78, 5) is 0. The molecule has 0 aromatic carbocycles. The molecule has 5 nitrogen and oxygen atoms in total. The summed E-state index contributed by atoms with van der Waals surface area (Å²) in [6.07, 6.45) is 0. The van der Waals surface area contributed by atoms with Gasteiger partial charge in [-0.1, -0.05) is 0 Å². The van der Waals surface area contributed by atoms with E-state index in [1.54, 1.807) is 0 Å². The topological polar surface area (TPSA) is 98.2 Å². The van der Waals surface area contributed by atoms with Gasteiger partial charge in [0, 0.05) is 19.1 Å². The molecule has 68 valence electrons. The maximum absolute atomic E-state index is 10.4. The van der Waals surface area contributed by atoms with Gasteiger partial charge in [-0.25, -0.2) is 13.6 Å². The van der Waals surface area contributed by atoms with Gasteiger partial charge in [-0.05, 0) is 6.92 Å². The van der Waals surface area contributed by atoms with Gasteiger partial charge in [0.05, 0.1) is 5.75 Å². The molecule has 0 saturated carbocycles. The molecule has 0 radical (unpaired) electrons. The highest BCUT2D eigenvalue weighted by atomic mass is 32.2. The third-order valence-corrected chi connectivity index (χ3v) is 2.01. The van der Waals surface area contributed by atoms with E-state index in [9.17, 15) is 8.42 Å². The van der Waals surface area contributed by atoms with Crippen LogP contribution in [0.1, 0.15) is 6.92 Å². The second-order valence-electron chi connectivity index (χ2n) is 2.46. The fraction of sp³-hybridized carbons (Fsp3) is 1.00. The van der Waals surface area contributed by atoms with Crippen LogP contribution in [-0.4, -0.2) is 33.3 Å². The Morgan fingerprint density at radius 1 is 1.55 bits per heavy atom. The van der Waals surface area contributed by atoms with E-state index >= 15 is 0 Å². The fourth-order valence-corrected chi connectivity index (χ4v) is 0.933. The van der Waals surface area contributed by atoms with Crippen molar-refractivity contribution in [2.24, 2.45) is 10.9 Å². The third-order valence-electron chi connectivity index (χ3n) is 1.23. The summed E-state index contributed by atoms with van der Waals surface area (Å²) in [6, 6.07) is 0.136. The summed E-state index contributed by atoms with van der Waals surface area (Å²) in [5, 5.41) is 7.67. The monoisotopic (exact) mass is 181 g/mol. The first-order chi connectivity index (χ1) is 4.95. The minimum absolute atomic E-state index is 0.0443. The first-order valence-corrected chi connectivity index (χ1v) is 5.11. The predicted octanol–water partition coefficient (Wildman–Crippen LogP) is -1.79. The molecule has 0 rings (SSSR count). The number of nitrogens with two attached hydrogens (primary N) is 2. The Labute approximate surface area is 67.2 Å². The summed E-state index contributed by atoms with van der Waals surface area (Å²) in [5.74, 6) is -0.0443. The van der Waals surface area contributed by atoms with E-state index in [1.165, 1.54) is 0 Å². The van der Waals surface area contributed by atoms with Crippen molar-refractivity contribution in [2.45, 2.75) is 13.0 Å². The van der Waals surface area contributed by atoms with Crippen LogP contribution in [0.15, 0.2) is 0 Å². The van der Waals surface area contributed by atoms with Crippen molar-refractivity contribution in [3.05, 3.63) is 0 Å². The van der Waals surface area contributed by atoms with Crippen LogP contribution in [0.5, 0.6) is 0 Å². The van der Waals surface area contributed by atoms with E-state index in [0.29, 0.717) is 13.1 Å². The van der Waals surface area contributed by atoms with Gasteiger partial charge >= 0.3 is 0 Å². The lowest BCUT2D eigenvalue weighted by atomic mass is 10.3. The molecule has 0 aliphatic carbocycles. The van der Waals surface area contributed by atoms with E-state index < -0.39 is 10.0 Å². The van der Waals surface area contributed by atoms with Crippen molar-refractivity contribution in [3.8, 4) is 0 Å². The summed E-state index contributed by atoms with van der Waals surface area (Å²) in [5.41, 5.74) is 5.28. The lowest BCUT2D eigenvalue weighted by Crippen LogP contribution is -2.37. The minimum Gasteiger partial charge on any atom is -0.329 e. The van der Waals surface area contributed by atoms with Crippen molar-refractivity contribution in [1.82, 2.24) is 5.32 Å². The second-order valence-corrected chi connectivity index (χ2v) is 4.19. The Bertz CT molecular complexity index is 190. The Morgan fingerprint density at radius 3 is 2.45 bits per heavy atom. The predicted molar refractivity (Wildman–Crippen MR) is 44.5 cm³/mol. The summed E-state index contributed by atoms with van der Waals surface area (Å²) < 4.78 is 20.8. The van der Waals surface area contributed by atoms with Gasteiger partial charge < -0.3 is 11.1 Å². The Hall–Kier alpha value is -0.170. The molecule has 0 spiro atoms. The van der Waals surface area contributed by atoms with Gasteiger partial charge in [0.1, 0.15) is 0 Å². The second kappa shape index (κ2) is 4.66. The molecule has 0 bridgehead atoms. The highest BCUT2D eigenvalue weighted by molar-refractivity contribution is 7.89. The number of nitrogens with one attached hydrogen (secondary N) is 1. The molecule has 0 fully saturated rings. The van der Waals surface area contributed by atoms with Crippen molar-refractivity contribution in [3.63, 3.8) is 0 Å². The molecule has 0 aliphatic heterocycles. The lowest BCUT2D eigenvalue weighted by molar-refractivity contribution is 0.562. The van der Waals surface area contributed by atoms with Gasteiger partial charge in [-0.3, -0.25) is 0 Å². The molecule has 11 heavy (non-hydrogen) atoms. The number of hydrogen-bond donors (Lipinski definition) is 3. The number of sulfonamides is 1. The average Bonchev–Trinajstić information content (AvgIpc) is 1.85. The van der Waals surface area contributed by atoms with Crippen LogP contribution < -0.4 is 16.2 Å². The molecule has 1 atom stereocenters. The maximum atomic E-state index is 10.4. The summed E-state index contributed by atoms with van der Waals surface area (Å²) in [6.45, 7) is 2.73. The van der Waals surface area contributed by atoms with E-state index in [4.69, 9.17) is 10.9 Å². The molecule has 0 saturated heterocycles. The minimum atomic E-state index is -3.33. The third kappa shape index (κ3) is 7.73. The van der Waals surface area contributed by atoms with Gasteiger partial charge in [0.15, 0.2) is 0 Å². The average molecular weight is 181 g/mol. The molecular formula is C5H15N3O2S. The quantitative estimate of drug-likeness (QED) is 0.466. The Balaban J connectivity index is 3.43. The van der Waals surface area contributed by atoms with E-state index in [1.807, 2.05) is 6.92 Å². The number of rotatable bonds is 5. The van der Waals surface area contributed by atoms with Gasteiger partial charge in [0.25, 0.3) is 0 Å². The molecule has 0 heterocycles. The molecule has 0 aromatic heterocycles. The summed E-state index contributed by atoms with van der Waals surface area (Å²) in [7, 11) is -3.33. The van der Waals surface area contributed by atoms with Crippen LogP contribution in [0.2, 0.25) is 0 Å². The van der Waals surface area contributed by atoms with E-state index in [0.717, 1.165) is 0 Å². The van der Waals surface area contributed by atoms with Gasteiger partial charge in [-0.2, -0.15) is 0 Å². The first kappa shape index (κ1) is 10.8. The van der Waals surface area contributed by atoms with Crippen LogP contribution >= 0.6 is 0 Å². The SMILES string of the molecule is CC(CN)NCCS(N)(=O)=O. The van der Waals surface area contributed by atoms with Gasteiger partial charge in [0.2, 0.25) is 10.0 Å². The smallest absolute Gasteiger partial charge is 0.210 e. The zero-order chi connectivity index (χ0) is 8.91. The maximum Gasteiger partial charge on any atom is 0.210 e. The van der Waals surface area contributed by atoms with Crippen LogP contribution in [0, 0.1) is 0 Å². The van der Waals surface area contributed by atoms with Crippen LogP contribution in [0.4, 0.5) is 0 Å². The van der Waals surface area contributed by atoms with Crippen molar-refractivity contribution in [1.29, 1.82) is 0 Å². The van der Waals surface area contributed by atoms with Crippen molar-refractivity contribution in [2.75, 3.05) is 18.8 Å². The molecule has 0 amide bonds. The molecule has 0 aliphatic rings. The molecular weight excluding hydrogens is 166 g/mol. The molecule has 0 aromatic rings. The molecule has 5 N–H and O–H groups in total. The first-order valence-electron chi connectivity index (χ1n) is 3.39. The summed E-state index contributed by atoms with van der Waals surface area (Å²) >= 11 is 0. The standard InChI is InChI=1S/C5H15N3O2S/c1-5(4-6)8-2-3-11(7,9)10/h5,8H,2-4,6H2,1H3,(H2,7,9,10). The van der Waals surface area contributed by atoms with Gasteiger partial charge in [-0.15, -0.1) is 0 Å². The lowest BCUT2D eigenvalue weighted by Gasteiger charge is -2.09. The van der Waals surface area contributed by atoms with E-state index in [2.05, 4.69) is 5.32 Å².